The number of halogens is 3. The molecule has 0 spiro atoms. The molecule has 78 valence electrons. The van der Waals surface area contributed by atoms with Gasteiger partial charge in [0, 0.05) is 4.47 Å². The largest absolute Gasteiger partial charge is 0.366 e. The van der Waals surface area contributed by atoms with E-state index in [1.807, 2.05) is 0 Å². The lowest BCUT2D eigenvalue weighted by Crippen LogP contribution is -1.92. The van der Waals surface area contributed by atoms with Crippen LogP contribution in [-0.4, -0.2) is 15.2 Å². The molecule has 0 saturated heterocycles. The summed E-state index contributed by atoms with van der Waals surface area (Å²) in [5.74, 6) is -1.57. The fraction of sp³-hybridized carbons (Fsp3) is 0. The molecule has 0 atom stereocenters. The monoisotopic (exact) mass is 274 g/mol. The van der Waals surface area contributed by atoms with Gasteiger partial charge in [-0.15, -0.1) is 5.10 Å². The first-order valence-corrected chi connectivity index (χ1v) is 4.70. The van der Waals surface area contributed by atoms with Gasteiger partial charge in [0.15, 0.2) is 5.82 Å². The van der Waals surface area contributed by atoms with Gasteiger partial charge in [-0.2, -0.15) is 4.98 Å². The van der Waals surface area contributed by atoms with E-state index in [-0.39, 0.29) is 17.3 Å². The fourth-order valence-corrected chi connectivity index (χ4v) is 1.56. The Morgan fingerprint density at radius 2 is 1.87 bits per heavy atom. The standard InChI is InChI=1S/C8H5BrF2N4/c9-3-1-4(10)6(5(11)2-3)7-13-8(12)15-14-7/h1-2H,(H3,12,13,14,15). The quantitative estimate of drug-likeness (QED) is 0.837. The molecule has 0 amide bonds. The number of aromatic amines is 1. The number of nitrogens with one attached hydrogen (secondary N) is 1. The molecule has 2 aromatic rings. The molecule has 0 fully saturated rings. The van der Waals surface area contributed by atoms with E-state index in [9.17, 15) is 8.78 Å². The highest BCUT2D eigenvalue weighted by Crippen LogP contribution is 2.26. The maximum Gasteiger partial charge on any atom is 0.239 e. The number of benzene rings is 1. The summed E-state index contributed by atoms with van der Waals surface area (Å²) in [6.45, 7) is 0. The smallest absolute Gasteiger partial charge is 0.239 e. The van der Waals surface area contributed by atoms with Crippen LogP contribution in [0.1, 0.15) is 0 Å². The van der Waals surface area contributed by atoms with Crippen LogP contribution in [0.15, 0.2) is 16.6 Å². The van der Waals surface area contributed by atoms with Crippen molar-refractivity contribution in [3.8, 4) is 11.4 Å². The molecule has 1 aromatic carbocycles. The van der Waals surface area contributed by atoms with Crippen molar-refractivity contribution in [3.63, 3.8) is 0 Å². The lowest BCUT2D eigenvalue weighted by atomic mass is 10.2. The van der Waals surface area contributed by atoms with E-state index in [1.165, 1.54) is 0 Å². The van der Waals surface area contributed by atoms with Crippen LogP contribution in [0.25, 0.3) is 11.4 Å². The van der Waals surface area contributed by atoms with E-state index < -0.39 is 11.6 Å². The molecule has 7 heteroatoms. The molecule has 0 bridgehead atoms. The van der Waals surface area contributed by atoms with Crippen LogP contribution >= 0.6 is 15.9 Å². The summed E-state index contributed by atoms with van der Waals surface area (Å²) in [4.78, 5) is 3.65. The minimum Gasteiger partial charge on any atom is -0.366 e. The number of anilines is 1. The second-order valence-corrected chi connectivity index (χ2v) is 3.70. The molecule has 0 saturated carbocycles. The number of rotatable bonds is 1. The zero-order chi connectivity index (χ0) is 11.0. The lowest BCUT2D eigenvalue weighted by Gasteiger charge is -2.01. The molecule has 0 aliphatic rings. The van der Waals surface area contributed by atoms with Crippen molar-refractivity contribution in [1.82, 2.24) is 15.2 Å². The highest BCUT2D eigenvalue weighted by atomic mass is 79.9. The predicted molar refractivity (Wildman–Crippen MR) is 53.8 cm³/mol. The van der Waals surface area contributed by atoms with E-state index in [2.05, 4.69) is 31.1 Å². The van der Waals surface area contributed by atoms with Crippen molar-refractivity contribution in [2.45, 2.75) is 0 Å². The Balaban J connectivity index is 2.62. The molecule has 1 aromatic heterocycles. The van der Waals surface area contributed by atoms with Crippen molar-refractivity contribution in [2.75, 3.05) is 5.73 Å². The number of aromatic nitrogens is 3. The summed E-state index contributed by atoms with van der Waals surface area (Å²) >= 11 is 2.97. The van der Waals surface area contributed by atoms with Gasteiger partial charge in [-0.05, 0) is 12.1 Å². The Morgan fingerprint density at radius 1 is 1.27 bits per heavy atom. The summed E-state index contributed by atoms with van der Waals surface area (Å²) in [6, 6.07) is 2.27. The molecule has 0 radical (unpaired) electrons. The van der Waals surface area contributed by atoms with Crippen LogP contribution in [0.5, 0.6) is 0 Å². The summed E-state index contributed by atoms with van der Waals surface area (Å²) in [6.07, 6.45) is 0. The Kier molecular flexibility index (Phi) is 2.39. The van der Waals surface area contributed by atoms with Gasteiger partial charge in [-0.3, -0.25) is 5.10 Å². The summed E-state index contributed by atoms with van der Waals surface area (Å²) < 4.78 is 27.1. The molecule has 3 N–H and O–H groups in total. The van der Waals surface area contributed by atoms with E-state index in [0.717, 1.165) is 12.1 Å². The van der Waals surface area contributed by atoms with E-state index in [4.69, 9.17) is 5.73 Å². The highest BCUT2D eigenvalue weighted by Gasteiger charge is 2.15. The van der Waals surface area contributed by atoms with Gasteiger partial charge in [0.25, 0.3) is 0 Å². The molecule has 0 aliphatic heterocycles. The first kappa shape index (κ1) is 10.0. The fourth-order valence-electron chi connectivity index (χ4n) is 1.16. The van der Waals surface area contributed by atoms with E-state index in [0.29, 0.717) is 4.47 Å². The minimum atomic E-state index is -0.738. The second-order valence-electron chi connectivity index (χ2n) is 2.79. The maximum absolute atomic E-state index is 13.4. The Morgan fingerprint density at radius 3 is 2.33 bits per heavy atom. The van der Waals surface area contributed by atoms with Gasteiger partial charge in [-0.1, -0.05) is 15.9 Å². The van der Waals surface area contributed by atoms with Crippen molar-refractivity contribution in [3.05, 3.63) is 28.2 Å². The van der Waals surface area contributed by atoms with Crippen LogP contribution in [0.2, 0.25) is 0 Å². The van der Waals surface area contributed by atoms with Gasteiger partial charge in [0.1, 0.15) is 11.6 Å². The predicted octanol–water partition coefficient (Wildman–Crippen LogP) is 2.09. The molecule has 0 unspecified atom stereocenters. The normalized spacial score (nSPS) is 10.6. The van der Waals surface area contributed by atoms with Gasteiger partial charge in [0.05, 0.1) is 5.56 Å². The summed E-state index contributed by atoms with van der Waals surface area (Å²) in [5.41, 5.74) is 4.96. The SMILES string of the molecule is Nc1n[nH]c(-c2c(F)cc(Br)cc2F)n1. The van der Waals surface area contributed by atoms with Gasteiger partial charge in [-0.25, -0.2) is 8.78 Å². The van der Waals surface area contributed by atoms with Crippen LogP contribution in [0.4, 0.5) is 14.7 Å². The van der Waals surface area contributed by atoms with Crippen LogP contribution in [0.3, 0.4) is 0 Å². The Hall–Kier alpha value is -1.50. The van der Waals surface area contributed by atoms with Gasteiger partial charge in [0.2, 0.25) is 5.95 Å². The summed E-state index contributed by atoms with van der Waals surface area (Å²) in [7, 11) is 0. The molecule has 1 heterocycles. The van der Waals surface area contributed by atoms with Gasteiger partial charge >= 0.3 is 0 Å². The van der Waals surface area contributed by atoms with E-state index in [1.54, 1.807) is 0 Å². The number of nitrogens with zero attached hydrogens (tertiary/aromatic N) is 2. The van der Waals surface area contributed by atoms with Crippen molar-refractivity contribution >= 4 is 21.9 Å². The first-order chi connectivity index (χ1) is 7.08. The third-order valence-corrected chi connectivity index (χ3v) is 2.20. The summed E-state index contributed by atoms with van der Waals surface area (Å²) in [5, 5.41) is 5.84. The third-order valence-electron chi connectivity index (χ3n) is 1.75. The maximum atomic E-state index is 13.4. The van der Waals surface area contributed by atoms with Crippen molar-refractivity contribution in [2.24, 2.45) is 0 Å². The minimum absolute atomic E-state index is 0.0324. The number of hydrogen-bond acceptors (Lipinski definition) is 3. The zero-order valence-corrected chi connectivity index (χ0v) is 8.85. The topological polar surface area (TPSA) is 67.6 Å². The molecule has 4 nitrogen and oxygen atoms in total. The number of nitrogen functional groups attached to an aromatic ring is 1. The number of H-pyrrole nitrogens is 1. The van der Waals surface area contributed by atoms with Crippen molar-refractivity contribution < 1.29 is 8.78 Å². The third kappa shape index (κ3) is 1.82. The van der Waals surface area contributed by atoms with Crippen LogP contribution in [-0.2, 0) is 0 Å². The van der Waals surface area contributed by atoms with Crippen LogP contribution in [0, 0.1) is 11.6 Å². The lowest BCUT2D eigenvalue weighted by molar-refractivity contribution is 0.586. The van der Waals surface area contributed by atoms with Crippen molar-refractivity contribution in [1.29, 1.82) is 0 Å². The molecular formula is C8H5BrF2N4. The zero-order valence-electron chi connectivity index (χ0n) is 7.26. The van der Waals surface area contributed by atoms with Gasteiger partial charge < -0.3 is 5.73 Å². The highest BCUT2D eigenvalue weighted by molar-refractivity contribution is 9.10. The average Bonchev–Trinajstić information content (AvgIpc) is 2.49. The molecule has 2 rings (SSSR count). The number of hydrogen-bond donors (Lipinski definition) is 2. The van der Waals surface area contributed by atoms with E-state index >= 15 is 0 Å². The average molecular weight is 275 g/mol. The Bertz CT molecular complexity index is 488. The number of nitrogens with two attached hydrogens (primary N) is 1. The first-order valence-electron chi connectivity index (χ1n) is 3.90. The molecular weight excluding hydrogens is 270 g/mol. The Labute approximate surface area is 91.6 Å². The van der Waals surface area contributed by atoms with Crippen LogP contribution < -0.4 is 5.73 Å². The molecule has 15 heavy (non-hydrogen) atoms. The second kappa shape index (κ2) is 3.58. The molecule has 0 aliphatic carbocycles.